The molecular weight excluding hydrogens is 226 g/mol. The summed E-state index contributed by atoms with van der Waals surface area (Å²) in [5.41, 5.74) is 13.1. The molecule has 0 radical (unpaired) electrons. The highest BCUT2D eigenvalue weighted by Gasteiger charge is 2.07. The van der Waals surface area contributed by atoms with Gasteiger partial charge in [-0.25, -0.2) is 0 Å². The number of carbonyl (C=O) groups is 1. The molecule has 0 aliphatic heterocycles. The average Bonchev–Trinajstić information content (AvgIpc) is 2.40. The number of carbonyl (C=O) groups excluding carboxylic acids is 1. The number of amides is 1. The van der Waals surface area contributed by atoms with Gasteiger partial charge < -0.3 is 11.5 Å². The lowest BCUT2D eigenvalue weighted by Crippen LogP contribution is -2.17. The van der Waals surface area contributed by atoms with Crippen molar-refractivity contribution < 1.29 is 4.79 Å². The molecule has 0 bridgehead atoms. The van der Waals surface area contributed by atoms with Gasteiger partial charge >= 0.3 is 0 Å². The summed E-state index contributed by atoms with van der Waals surface area (Å²) in [6.45, 7) is 0. The predicted octanol–water partition coefficient (Wildman–Crippen LogP) is 1.81. The van der Waals surface area contributed by atoms with Crippen molar-refractivity contribution in [2.24, 2.45) is 10.7 Å². The Balaban J connectivity index is 2.30. The molecule has 0 fully saturated rings. The van der Waals surface area contributed by atoms with Crippen molar-refractivity contribution in [1.82, 2.24) is 0 Å². The van der Waals surface area contributed by atoms with Crippen LogP contribution in [0.5, 0.6) is 0 Å². The van der Waals surface area contributed by atoms with E-state index in [4.69, 9.17) is 11.5 Å². The highest BCUT2D eigenvalue weighted by Crippen LogP contribution is 2.10. The predicted molar refractivity (Wildman–Crippen MR) is 72.4 cm³/mol. The van der Waals surface area contributed by atoms with Gasteiger partial charge in [0.15, 0.2) is 0 Å². The van der Waals surface area contributed by atoms with Crippen molar-refractivity contribution in [3.63, 3.8) is 0 Å². The van der Waals surface area contributed by atoms with E-state index in [0.717, 1.165) is 0 Å². The van der Waals surface area contributed by atoms with Crippen molar-refractivity contribution in [3.05, 3.63) is 65.7 Å². The molecule has 0 saturated heterocycles. The zero-order chi connectivity index (χ0) is 13.0. The van der Waals surface area contributed by atoms with Crippen LogP contribution in [0.2, 0.25) is 0 Å². The van der Waals surface area contributed by atoms with Crippen LogP contribution in [0.15, 0.2) is 59.6 Å². The molecule has 18 heavy (non-hydrogen) atoms. The Morgan fingerprint density at radius 3 is 2.22 bits per heavy atom. The molecule has 2 rings (SSSR count). The third kappa shape index (κ3) is 2.55. The molecule has 0 atom stereocenters. The summed E-state index contributed by atoms with van der Waals surface area (Å²) >= 11 is 0. The first-order valence-corrected chi connectivity index (χ1v) is 5.47. The van der Waals surface area contributed by atoms with Gasteiger partial charge in [-0.2, -0.15) is 4.99 Å². The van der Waals surface area contributed by atoms with E-state index in [1.807, 2.05) is 6.07 Å². The van der Waals surface area contributed by atoms with E-state index < -0.39 is 0 Å². The molecule has 0 heterocycles. The number of hydrogen-bond donors (Lipinski definition) is 2. The summed E-state index contributed by atoms with van der Waals surface area (Å²) in [5.74, 6) is -0.252. The minimum absolute atomic E-state index is 0.127. The highest BCUT2D eigenvalue weighted by molar-refractivity contribution is 6.10. The Hall–Kier alpha value is -2.62. The molecule has 2 aromatic carbocycles. The number of amidine groups is 1. The van der Waals surface area contributed by atoms with E-state index in [9.17, 15) is 4.79 Å². The summed E-state index contributed by atoms with van der Waals surface area (Å²) in [4.78, 5) is 15.7. The normalized spacial score (nSPS) is 11.2. The molecule has 0 aliphatic carbocycles. The topological polar surface area (TPSA) is 81.5 Å². The van der Waals surface area contributed by atoms with Gasteiger partial charge in [0, 0.05) is 16.8 Å². The molecule has 4 heteroatoms. The standard InChI is InChI=1S/C14H13N3O/c15-12-9-5-4-8-11(12)13(16)17-14(18)10-6-2-1-3-7-10/h1-9H,15H2,(H2,16,17,18). The number of benzene rings is 2. The molecular formula is C14H13N3O. The van der Waals surface area contributed by atoms with Crippen molar-refractivity contribution in [1.29, 1.82) is 0 Å². The maximum absolute atomic E-state index is 11.8. The third-order valence-corrected chi connectivity index (χ3v) is 2.48. The first kappa shape index (κ1) is 11.9. The Morgan fingerprint density at radius 1 is 0.944 bits per heavy atom. The fourth-order valence-corrected chi connectivity index (χ4v) is 1.55. The number of rotatable bonds is 2. The molecule has 0 aromatic heterocycles. The second kappa shape index (κ2) is 5.14. The second-order valence-corrected chi connectivity index (χ2v) is 3.76. The maximum Gasteiger partial charge on any atom is 0.278 e. The number of hydrogen-bond acceptors (Lipinski definition) is 2. The molecule has 4 nitrogen and oxygen atoms in total. The van der Waals surface area contributed by atoms with Crippen LogP contribution in [0.1, 0.15) is 15.9 Å². The Kier molecular flexibility index (Phi) is 3.38. The smallest absolute Gasteiger partial charge is 0.278 e. The van der Waals surface area contributed by atoms with E-state index in [1.165, 1.54) is 0 Å². The first-order chi connectivity index (χ1) is 8.68. The SMILES string of the molecule is NC(=NC(=O)c1ccccc1)c1ccccc1N. The fourth-order valence-electron chi connectivity index (χ4n) is 1.55. The monoisotopic (exact) mass is 239 g/mol. The van der Waals surface area contributed by atoms with Crippen LogP contribution in [0.3, 0.4) is 0 Å². The van der Waals surface area contributed by atoms with Crippen LogP contribution < -0.4 is 11.5 Å². The summed E-state index contributed by atoms with van der Waals surface area (Å²) in [7, 11) is 0. The number of nitrogen functional groups attached to an aromatic ring is 1. The van der Waals surface area contributed by atoms with E-state index in [1.54, 1.807) is 48.5 Å². The Labute approximate surface area is 105 Å². The highest BCUT2D eigenvalue weighted by atomic mass is 16.1. The molecule has 1 amide bonds. The summed E-state index contributed by atoms with van der Waals surface area (Å²) in [6.07, 6.45) is 0. The average molecular weight is 239 g/mol. The van der Waals surface area contributed by atoms with Crippen molar-refractivity contribution in [2.45, 2.75) is 0 Å². The lowest BCUT2D eigenvalue weighted by atomic mass is 10.1. The van der Waals surface area contributed by atoms with Crippen LogP contribution in [0, 0.1) is 0 Å². The van der Waals surface area contributed by atoms with Crippen LogP contribution >= 0.6 is 0 Å². The number of para-hydroxylation sites is 1. The largest absolute Gasteiger partial charge is 0.398 e. The molecule has 4 N–H and O–H groups in total. The molecule has 0 unspecified atom stereocenters. The van der Waals surface area contributed by atoms with E-state index in [0.29, 0.717) is 16.8 Å². The minimum Gasteiger partial charge on any atom is -0.398 e. The second-order valence-electron chi connectivity index (χ2n) is 3.76. The van der Waals surface area contributed by atoms with Crippen molar-refractivity contribution in [2.75, 3.05) is 5.73 Å². The zero-order valence-corrected chi connectivity index (χ0v) is 9.71. The maximum atomic E-state index is 11.8. The third-order valence-electron chi connectivity index (χ3n) is 2.48. The van der Waals surface area contributed by atoms with Gasteiger partial charge in [-0.1, -0.05) is 30.3 Å². The summed E-state index contributed by atoms with van der Waals surface area (Å²) < 4.78 is 0. The first-order valence-electron chi connectivity index (χ1n) is 5.47. The zero-order valence-electron chi connectivity index (χ0n) is 9.71. The Bertz CT molecular complexity index is 591. The quantitative estimate of drug-likeness (QED) is 0.476. The van der Waals surface area contributed by atoms with Crippen molar-refractivity contribution in [3.8, 4) is 0 Å². The number of aliphatic imine (C=N–C) groups is 1. The minimum atomic E-state index is -0.378. The number of nitrogens with zero attached hydrogens (tertiary/aromatic N) is 1. The van der Waals surface area contributed by atoms with Crippen LogP contribution in [-0.2, 0) is 0 Å². The summed E-state index contributed by atoms with van der Waals surface area (Å²) in [5, 5.41) is 0. The lowest BCUT2D eigenvalue weighted by Gasteiger charge is -2.03. The van der Waals surface area contributed by atoms with Gasteiger partial charge in [-0.15, -0.1) is 0 Å². The van der Waals surface area contributed by atoms with Gasteiger partial charge in [0.1, 0.15) is 5.84 Å². The molecule has 0 spiro atoms. The van der Waals surface area contributed by atoms with E-state index in [-0.39, 0.29) is 11.7 Å². The Morgan fingerprint density at radius 2 is 1.56 bits per heavy atom. The molecule has 90 valence electrons. The van der Waals surface area contributed by atoms with Gasteiger partial charge in [0.25, 0.3) is 5.91 Å². The van der Waals surface area contributed by atoms with Crippen LogP contribution in [-0.4, -0.2) is 11.7 Å². The van der Waals surface area contributed by atoms with Crippen LogP contribution in [0.25, 0.3) is 0 Å². The van der Waals surface area contributed by atoms with Gasteiger partial charge in [-0.3, -0.25) is 4.79 Å². The van der Waals surface area contributed by atoms with E-state index >= 15 is 0 Å². The fraction of sp³-hybridized carbons (Fsp3) is 0. The molecule has 2 aromatic rings. The van der Waals surface area contributed by atoms with Crippen LogP contribution in [0.4, 0.5) is 5.69 Å². The molecule has 0 aliphatic rings. The summed E-state index contributed by atoms with van der Waals surface area (Å²) in [6, 6.07) is 15.8. The van der Waals surface area contributed by atoms with Gasteiger partial charge in [0.2, 0.25) is 0 Å². The van der Waals surface area contributed by atoms with Crippen molar-refractivity contribution >= 4 is 17.4 Å². The number of nitrogens with two attached hydrogens (primary N) is 2. The van der Waals surface area contributed by atoms with E-state index in [2.05, 4.69) is 4.99 Å². The lowest BCUT2D eigenvalue weighted by molar-refractivity contribution is 0.100. The van der Waals surface area contributed by atoms with Gasteiger partial charge in [0.05, 0.1) is 0 Å². The molecule has 0 saturated carbocycles. The van der Waals surface area contributed by atoms with Gasteiger partial charge in [-0.05, 0) is 24.3 Å². The number of anilines is 1.